The number of anilines is 1. The molecule has 3 heterocycles. The van der Waals surface area contributed by atoms with Gasteiger partial charge in [-0.15, -0.1) is 0 Å². The summed E-state index contributed by atoms with van der Waals surface area (Å²) >= 11 is 0. The monoisotopic (exact) mass is 384 g/mol. The average molecular weight is 384 g/mol. The smallest absolute Gasteiger partial charge is 0.409 e. The highest BCUT2D eigenvalue weighted by atomic mass is 16.5. The van der Waals surface area contributed by atoms with Gasteiger partial charge in [-0.2, -0.15) is 4.98 Å². The fourth-order valence-electron chi connectivity index (χ4n) is 3.52. The third kappa shape index (κ3) is 3.70. The molecule has 0 saturated carbocycles. The third-order valence-corrected chi connectivity index (χ3v) is 5.33. The number of amides is 1. The molecular weight excluding hydrogens is 360 g/mol. The number of ether oxygens (including phenoxy) is 1. The maximum Gasteiger partial charge on any atom is 0.409 e. The van der Waals surface area contributed by atoms with Crippen molar-refractivity contribution in [3.8, 4) is 11.5 Å². The number of rotatable bonds is 5. The predicted molar refractivity (Wildman–Crippen MR) is 104 cm³/mol. The number of carbonyl (C=O) groups excluding carboxylic acids is 1. The van der Waals surface area contributed by atoms with Gasteiger partial charge in [-0.25, -0.2) is 4.79 Å². The fraction of sp³-hybridized carbons (Fsp3) is 0.474. The van der Waals surface area contributed by atoms with Crippen LogP contribution in [0.25, 0.3) is 11.5 Å². The predicted octanol–water partition coefficient (Wildman–Crippen LogP) is 2.06. The van der Waals surface area contributed by atoms with Gasteiger partial charge in [0.15, 0.2) is 5.82 Å². The second kappa shape index (κ2) is 7.97. The van der Waals surface area contributed by atoms with E-state index in [-0.39, 0.29) is 12.0 Å². The van der Waals surface area contributed by atoms with Gasteiger partial charge in [-0.05, 0) is 25.0 Å². The third-order valence-electron chi connectivity index (χ3n) is 5.33. The first-order chi connectivity index (χ1) is 13.7. The van der Waals surface area contributed by atoms with E-state index in [0.29, 0.717) is 30.8 Å². The summed E-state index contributed by atoms with van der Waals surface area (Å²) in [5.41, 5.74) is 2.54. The van der Waals surface area contributed by atoms with Crippen LogP contribution in [0.1, 0.15) is 30.1 Å². The van der Waals surface area contributed by atoms with E-state index < -0.39 is 0 Å². The van der Waals surface area contributed by atoms with Crippen molar-refractivity contribution in [1.29, 1.82) is 5.41 Å². The summed E-state index contributed by atoms with van der Waals surface area (Å²) < 4.78 is 10.3. The number of hydrogen-bond acceptors (Lipinski definition) is 8. The minimum absolute atomic E-state index is 0.165. The molecule has 9 heteroatoms. The highest BCUT2D eigenvalue weighted by Gasteiger charge is 2.27. The minimum atomic E-state index is -0.291. The number of hydrogen-bond donors (Lipinski definition) is 3. The molecule has 3 N–H and O–H groups in total. The van der Waals surface area contributed by atoms with E-state index in [4.69, 9.17) is 14.7 Å². The van der Waals surface area contributed by atoms with Gasteiger partial charge in [0, 0.05) is 55.1 Å². The van der Waals surface area contributed by atoms with E-state index >= 15 is 0 Å². The number of methoxy groups -OCH3 is 1. The lowest BCUT2D eigenvalue weighted by Crippen LogP contribution is -2.51. The molecule has 9 nitrogen and oxygen atoms in total. The van der Waals surface area contributed by atoms with Crippen LogP contribution in [0.5, 0.6) is 0 Å². The summed E-state index contributed by atoms with van der Waals surface area (Å²) in [4.78, 5) is 17.9. The molecule has 0 spiro atoms. The van der Waals surface area contributed by atoms with Crippen LogP contribution in [0.2, 0.25) is 0 Å². The molecule has 1 aromatic heterocycles. The van der Waals surface area contributed by atoms with Gasteiger partial charge in [-0.3, -0.25) is 0 Å². The Labute approximate surface area is 162 Å². The molecule has 2 aliphatic rings. The Hall–Kier alpha value is -2.94. The number of piperidine rings is 1. The van der Waals surface area contributed by atoms with Gasteiger partial charge >= 0.3 is 6.09 Å². The van der Waals surface area contributed by atoms with Crippen molar-refractivity contribution in [3.05, 3.63) is 29.6 Å². The molecule has 1 amide bonds. The van der Waals surface area contributed by atoms with Crippen LogP contribution < -0.4 is 10.6 Å². The number of nitrogens with zero attached hydrogens (tertiary/aromatic N) is 3. The Morgan fingerprint density at radius 1 is 1.39 bits per heavy atom. The first-order valence-corrected chi connectivity index (χ1v) is 9.46. The van der Waals surface area contributed by atoms with Crippen LogP contribution in [-0.4, -0.2) is 66.7 Å². The minimum Gasteiger partial charge on any atom is -0.453 e. The molecule has 0 atom stereocenters. The number of carbonyl (C=O) groups is 1. The molecule has 2 aliphatic heterocycles. The van der Waals surface area contributed by atoms with Gasteiger partial charge in [0.1, 0.15) is 0 Å². The van der Waals surface area contributed by atoms with Crippen molar-refractivity contribution in [1.82, 2.24) is 20.4 Å². The van der Waals surface area contributed by atoms with Gasteiger partial charge in [0.25, 0.3) is 5.89 Å². The van der Waals surface area contributed by atoms with E-state index in [1.54, 1.807) is 4.90 Å². The highest BCUT2D eigenvalue weighted by Crippen LogP contribution is 2.30. The summed E-state index contributed by atoms with van der Waals surface area (Å²) in [5, 5.41) is 18.5. The zero-order valence-electron chi connectivity index (χ0n) is 15.8. The van der Waals surface area contributed by atoms with Gasteiger partial charge < -0.3 is 30.2 Å². The average Bonchev–Trinajstić information content (AvgIpc) is 3.20. The summed E-state index contributed by atoms with van der Waals surface area (Å²) in [6, 6.07) is 6.10. The summed E-state index contributed by atoms with van der Waals surface area (Å²) in [5.74, 6) is 1.31. The Balaban J connectivity index is 1.47. The molecule has 0 aliphatic carbocycles. The zero-order valence-corrected chi connectivity index (χ0v) is 15.8. The SMILES string of the molecule is COC(=O)N1CCC(c2noc(-c3ccc(C=N)c(NC4CNC4)c3)n2)CC1. The molecule has 2 saturated heterocycles. The maximum atomic E-state index is 11.6. The van der Waals surface area contributed by atoms with Gasteiger partial charge in [0.2, 0.25) is 0 Å². The van der Waals surface area contributed by atoms with E-state index in [0.717, 1.165) is 42.7 Å². The van der Waals surface area contributed by atoms with E-state index in [1.807, 2.05) is 18.2 Å². The summed E-state index contributed by atoms with van der Waals surface area (Å²) in [7, 11) is 1.40. The molecule has 148 valence electrons. The first kappa shape index (κ1) is 18.4. The fourth-order valence-corrected chi connectivity index (χ4v) is 3.52. The van der Waals surface area contributed by atoms with Crippen LogP contribution in [0.4, 0.5) is 10.5 Å². The Morgan fingerprint density at radius 3 is 2.82 bits per heavy atom. The van der Waals surface area contributed by atoms with Crippen molar-refractivity contribution < 1.29 is 14.1 Å². The molecule has 4 rings (SSSR count). The Kier molecular flexibility index (Phi) is 5.25. The largest absolute Gasteiger partial charge is 0.453 e. The van der Waals surface area contributed by atoms with Crippen molar-refractivity contribution in [2.24, 2.45) is 0 Å². The van der Waals surface area contributed by atoms with Crippen molar-refractivity contribution in [3.63, 3.8) is 0 Å². The van der Waals surface area contributed by atoms with Crippen molar-refractivity contribution in [2.45, 2.75) is 24.8 Å². The molecule has 0 radical (unpaired) electrons. The van der Waals surface area contributed by atoms with Crippen molar-refractivity contribution >= 4 is 18.0 Å². The number of nitrogens with one attached hydrogen (secondary N) is 3. The zero-order chi connectivity index (χ0) is 19.5. The lowest BCUT2D eigenvalue weighted by Gasteiger charge is -2.29. The van der Waals surface area contributed by atoms with Crippen molar-refractivity contribution in [2.75, 3.05) is 38.6 Å². The molecule has 2 aromatic rings. The normalized spacial score (nSPS) is 17.8. The second-order valence-electron chi connectivity index (χ2n) is 7.13. The number of benzene rings is 1. The lowest BCUT2D eigenvalue weighted by atomic mass is 9.96. The van der Waals surface area contributed by atoms with Crippen LogP contribution in [0.15, 0.2) is 22.7 Å². The first-order valence-electron chi connectivity index (χ1n) is 9.46. The van der Waals surface area contributed by atoms with Crippen LogP contribution in [0.3, 0.4) is 0 Å². The quantitative estimate of drug-likeness (QED) is 0.676. The van der Waals surface area contributed by atoms with E-state index in [2.05, 4.69) is 20.8 Å². The molecule has 1 aromatic carbocycles. The van der Waals surface area contributed by atoms with E-state index in [9.17, 15) is 4.79 Å². The Bertz CT molecular complexity index is 855. The molecular formula is C19H24N6O3. The van der Waals surface area contributed by atoms with Crippen LogP contribution in [0, 0.1) is 5.41 Å². The summed E-state index contributed by atoms with van der Waals surface area (Å²) in [6.45, 7) is 3.07. The molecule has 0 bridgehead atoms. The molecule has 2 fully saturated rings. The second-order valence-corrected chi connectivity index (χ2v) is 7.13. The standard InChI is InChI=1S/C19H24N6O3/c1-27-19(26)25-6-4-12(5-7-25)17-23-18(28-24-17)13-2-3-14(9-20)16(8-13)22-15-10-21-11-15/h2-3,8-9,12,15,20-22H,4-7,10-11H2,1H3. The van der Waals surface area contributed by atoms with Gasteiger partial charge in [-0.1, -0.05) is 11.2 Å². The van der Waals surface area contributed by atoms with Gasteiger partial charge in [0.05, 0.1) is 13.2 Å². The summed E-state index contributed by atoms with van der Waals surface area (Å²) in [6.07, 6.45) is 2.61. The number of likely N-dealkylation sites (tertiary alicyclic amines) is 1. The topological polar surface area (TPSA) is 116 Å². The lowest BCUT2D eigenvalue weighted by molar-refractivity contribution is 0.111. The maximum absolute atomic E-state index is 11.6. The highest BCUT2D eigenvalue weighted by molar-refractivity contribution is 5.87. The molecule has 28 heavy (non-hydrogen) atoms. The Morgan fingerprint density at radius 2 is 2.18 bits per heavy atom. The number of aromatic nitrogens is 2. The molecule has 0 unspecified atom stereocenters. The van der Waals surface area contributed by atoms with Crippen LogP contribution in [-0.2, 0) is 4.74 Å². The van der Waals surface area contributed by atoms with E-state index in [1.165, 1.54) is 13.3 Å². The van der Waals surface area contributed by atoms with Crippen LogP contribution >= 0.6 is 0 Å².